The molecule has 20 heavy (non-hydrogen) atoms. The number of nitrogens with one attached hydrogen (secondary N) is 1. The van der Waals surface area contributed by atoms with Gasteiger partial charge in [0.2, 0.25) is 0 Å². The molecule has 1 N–H and O–H groups in total. The van der Waals surface area contributed by atoms with Crippen molar-refractivity contribution < 1.29 is 14.3 Å². The Morgan fingerprint density at radius 3 is 2.40 bits per heavy atom. The lowest BCUT2D eigenvalue weighted by atomic mass is 10.2. The first-order valence-corrected chi connectivity index (χ1v) is 7.34. The molecular formula is C16H23NO3. The topological polar surface area (TPSA) is 47.6 Å². The average molecular weight is 277 g/mol. The van der Waals surface area contributed by atoms with E-state index < -0.39 is 6.10 Å². The van der Waals surface area contributed by atoms with Crippen LogP contribution in [0.15, 0.2) is 24.3 Å². The molecule has 0 saturated heterocycles. The van der Waals surface area contributed by atoms with Crippen molar-refractivity contribution in [2.45, 2.75) is 51.2 Å². The molecule has 110 valence electrons. The van der Waals surface area contributed by atoms with Crippen molar-refractivity contribution in [3.8, 4) is 11.5 Å². The van der Waals surface area contributed by atoms with Crippen molar-refractivity contribution in [2.24, 2.45) is 0 Å². The van der Waals surface area contributed by atoms with E-state index in [1.807, 2.05) is 31.2 Å². The second-order valence-electron chi connectivity index (χ2n) is 5.18. The molecule has 1 amide bonds. The Morgan fingerprint density at radius 1 is 1.25 bits per heavy atom. The minimum absolute atomic E-state index is 0.00443. The second-order valence-corrected chi connectivity index (χ2v) is 5.18. The van der Waals surface area contributed by atoms with Gasteiger partial charge in [-0.25, -0.2) is 0 Å². The van der Waals surface area contributed by atoms with Crippen molar-refractivity contribution in [1.29, 1.82) is 0 Å². The molecule has 1 aromatic rings. The fourth-order valence-corrected chi connectivity index (χ4v) is 2.51. The summed E-state index contributed by atoms with van der Waals surface area (Å²) in [6, 6.07) is 7.64. The minimum atomic E-state index is -0.427. The van der Waals surface area contributed by atoms with E-state index in [0.717, 1.165) is 18.6 Å². The number of methoxy groups -OCH3 is 1. The van der Waals surface area contributed by atoms with Gasteiger partial charge in [0.05, 0.1) is 7.11 Å². The lowest BCUT2D eigenvalue weighted by molar-refractivity contribution is -0.128. The number of benzene rings is 1. The molecule has 0 unspecified atom stereocenters. The maximum atomic E-state index is 12.2. The van der Waals surface area contributed by atoms with Crippen LogP contribution >= 0.6 is 0 Å². The highest BCUT2D eigenvalue weighted by Crippen LogP contribution is 2.20. The summed E-state index contributed by atoms with van der Waals surface area (Å²) in [7, 11) is 1.62. The number of rotatable bonds is 6. The predicted molar refractivity (Wildman–Crippen MR) is 78.1 cm³/mol. The average Bonchev–Trinajstić information content (AvgIpc) is 2.98. The van der Waals surface area contributed by atoms with E-state index in [2.05, 4.69) is 5.32 Å². The summed E-state index contributed by atoms with van der Waals surface area (Å²) in [5, 5.41) is 3.08. The number of carbonyl (C=O) groups excluding carboxylic acids is 1. The maximum Gasteiger partial charge on any atom is 0.261 e. The first-order chi connectivity index (χ1) is 9.72. The largest absolute Gasteiger partial charge is 0.497 e. The molecule has 1 atom stereocenters. The van der Waals surface area contributed by atoms with Crippen LogP contribution in [0.5, 0.6) is 11.5 Å². The molecule has 0 heterocycles. The van der Waals surface area contributed by atoms with Crippen LogP contribution in [0.1, 0.15) is 39.0 Å². The molecule has 1 aromatic carbocycles. The zero-order valence-electron chi connectivity index (χ0n) is 12.2. The molecule has 4 heteroatoms. The summed E-state index contributed by atoms with van der Waals surface area (Å²) in [5.41, 5.74) is 0. The van der Waals surface area contributed by atoms with Crippen molar-refractivity contribution in [3.05, 3.63) is 24.3 Å². The Labute approximate surface area is 120 Å². The molecule has 0 aromatic heterocycles. The summed E-state index contributed by atoms with van der Waals surface area (Å²) >= 11 is 0. The number of carbonyl (C=O) groups is 1. The Morgan fingerprint density at radius 2 is 1.85 bits per heavy atom. The number of amides is 1. The third kappa shape index (κ3) is 3.89. The van der Waals surface area contributed by atoms with Gasteiger partial charge in [0.15, 0.2) is 6.10 Å². The Bertz CT molecular complexity index is 424. The Kier molecular flexibility index (Phi) is 5.27. The van der Waals surface area contributed by atoms with E-state index in [1.165, 1.54) is 12.8 Å². The van der Waals surface area contributed by atoms with Gasteiger partial charge < -0.3 is 14.8 Å². The fourth-order valence-electron chi connectivity index (χ4n) is 2.51. The van der Waals surface area contributed by atoms with Gasteiger partial charge >= 0.3 is 0 Å². The van der Waals surface area contributed by atoms with Crippen LogP contribution in [-0.4, -0.2) is 25.2 Å². The van der Waals surface area contributed by atoms with Crippen LogP contribution in [-0.2, 0) is 4.79 Å². The van der Waals surface area contributed by atoms with Gasteiger partial charge in [-0.3, -0.25) is 4.79 Å². The predicted octanol–water partition coefficient (Wildman–Crippen LogP) is 2.91. The smallest absolute Gasteiger partial charge is 0.261 e. The summed E-state index contributed by atoms with van der Waals surface area (Å²) in [5.74, 6) is 1.47. The van der Waals surface area contributed by atoms with Gasteiger partial charge in [0.25, 0.3) is 5.91 Å². The molecule has 0 radical (unpaired) electrons. The van der Waals surface area contributed by atoms with E-state index in [1.54, 1.807) is 7.11 Å². The van der Waals surface area contributed by atoms with E-state index in [0.29, 0.717) is 18.2 Å². The zero-order valence-corrected chi connectivity index (χ0v) is 12.2. The summed E-state index contributed by atoms with van der Waals surface area (Å²) in [6.07, 6.45) is 4.83. The van der Waals surface area contributed by atoms with Crippen molar-refractivity contribution in [2.75, 3.05) is 7.11 Å². The molecule has 1 fully saturated rings. The molecule has 0 spiro atoms. The summed E-state index contributed by atoms with van der Waals surface area (Å²) in [6.45, 7) is 1.96. The van der Waals surface area contributed by atoms with Crippen LogP contribution in [0.25, 0.3) is 0 Å². The Balaban J connectivity index is 1.91. The standard InChI is InChI=1S/C16H23NO3/c1-3-15(16(18)17-12-6-4-5-7-12)20-14-10-8-13(19-2)9-11-14/h8-12,15H,3-7H2,1-2H3,(H,17,18)/t15-/m1/s1. The lowest BCUT2D eigenvalue weighted by Gasteiger charge is -2.20. The van der Waals surface area contributed by atoms with Gasteiger partial charge in [-0.1, -0.05) is 19.8 Å². The van der Waals surface area contributed by atoms with Crippen molar-refractivity contribution >= 4 is 5.91 Å². The van der Waals surface area contributed by atoms with Gasteiger partial charge in [-0.2, -0.15) is 0 Å². The van der Waals surface area contributed by atoms with Gasteiger partial charge in [0, 0.05) is 6.04 Å². The van der Waals surface area contributed by atoms with Crippen LogP contribution < -0.4 is 14.8 Å². The van der Waals surface area contributed by atoms with E-state index >= 15 is 0 Å². The first-order valence-electron chi connectivity index (χ1n) is 7.34. The number of hydrogen-bond donors (Lipinski definition) is 1. The van der Waals surface area contributed by atoms with Crippen LogP contribution in [0.4, 0.5) is 0 Å². The molecule has 0 aliphatic heterocycles. The molecule has 4 nitrogen and oxygen atoms in total. The fraction of sp³-hybridized carbons (Fsp3) is 0.562. The molecular weight excluding hydrogens is 254 g/mol. The van der Waals surface area contributed by atoms with E-state index in [9.17, 15) is 4.79 Å². The maximum absolute atomic E-state index is 12.2. The highest BCUT2D eigenvalue weighted by molar-refractivity contribution is 5.81. The molecule has 0 bridgehead atoms. The highest BCUT2D eigenvalue weighted by Gasteiger charge is 2.23. The normalized spacial score (nSPS) is 16.7. The Hall–Kier alpha value is -1.71. The highest BCUT2D eigenvalue weighted by atomic mass is 16.5. The SMILES string of the molecule is CC[C@@H](Oc1ccc(OC)cc1)C(=O)NC1CCCC1. The monoisotopic (exact) mass is 277 g/mol. The van der Waals surface area contributed by atoms with Gasteiger partial charge in [0.1, 0.15) is 11.5 Å². The lowest BCUT2D eigenvalue weighted by Crippen LogP contribution is -2.42. The molecule has 1 aliphatic rings. The first kappa shape index (κ1) is 14.7. The minimum Gasteiger partial charge on any atom is -0.497 e. The van der Waals surface area contributed by atoms with Crippen molar-refractivity contribution in [3.63, 3.8) is 0 Å². The third-order valence-corrected chi connectivity index (χ3v) is 3.70. The van der Waals surface area contributed by atoms with Gasteiger partial charge in [-0.05, 0) is 43.5 Å². The van der Waals surface area contributed by atoms with Gasteiger partial charge in [-0.15, -0.1) is 0 Å². The van der Waals surface area contributed by atoms with E-state index in [4.69, 9.17) is 9.47 Å². The summed E-state index contributed by atoms with van der Waals surface area (Å²) < 4.78 is 10.9. The second kappa shape index (κ2) is 7.17. The van der Waals surface area contributed by atoms with Crippen molar-refractivity contribution in [1.82, 2.24) is 5.32 Å². The molecule has 1 saturated carbocycles. The summed E-state index contributed by atoms with van der Waals surface area (Å²) in [4.78, 5) is 12.2. The number of hydrogen-bond acceptors (Lipinski definition) is 3. The number of ether oxygens (including phenoxy) is 2. The zero-order chi connectivity index (χ0) is 14.4. The van der Waals surface area contributed by atoms with Crippen LogP contribution in [0.3, 0.4) is 0 Å². The van der Waals surface area contributed by atoms with Crippen LogP contribution in [0, 0.1) is 0 Å². The quantitative estimate of drug-likeness (QED) is 0.869. The van der Waals surface area contributed by atoms with E-state index in [-0.39, 0.29) is 5.91 Å². The third-order valence-electron chi connectivity index (χ3n) is 3.70. The molecule has 2 rings (SSSR count). The van der Waals surface area contributed by atoms with Crippen LogP contribution in [0.2, 0.25) is 0 Å². The molecule has 1 aliphatic carbocycles.